The molecule has 3 N–H and O–H groups in total. The molecule has 0 aromatic rings. The predicted octanol–water partition coefficient (Wildman–Crippen LogP) is 4.14. The van der Waals surface area contributed by atoms with Gasteiger partial charge in [0.05, 0.1) is 24.7 Å². The minimum absolute atomic E-state index is 0.00120. The molecule has 0 aromatic carbocycles. The fourth-order valence-corrected chi connectivity index (χ4v) is 6.28. The van der Waals surface area contributed by atoms with Gasteiger partial charge < -0.3 is 20.1 Å². The lowest BCUT2D eigenvalue weighted by atomic mass is 9.68. The molecular formula is C25H44F3NO4. The normalized spacial score (nSPS) is 36.7. The van der Waals surface area contributed by atoms with Crippen molar-refractivity contribution in [2.45, 2.75) is 101 Å². The number of piperidine rings is 1. The van der Waals surface area contributed by atoms with Gasteiger partial charge in [0.15, 0.2) is 0 Å². The summed E-state index contributed by atoms with van der Waals surface area (Å²) in [5, 5.41) is 29.1. The first-order chi connectivity index (χ1) is 15.8. The van der Waals surface area contributed by atoms with Gasteiger partial charge in [-0.2, -0.15) is 13.2 Å². The van der Waals surface area contributed by atoms with Gasteiger partial charge in [0, 0.05) is 25.8 Å². The monoisotopic (exact) mass is 479 g/mol. The van der Waals surface area contributed by atoms with E-state index in [-0.39, 0.29) is 18.6 Å². The molecule has 194 valence electrons. The summed E-state index contributed by atoms with van der Waals surface area (Å²) in [4.78, 5) is 2.07. The molecule has 0 amide bonds. The molecule has 0 aromatic heterocycles. The van der Waals surface area contributed by atoms with Crippen LogP contribution in [0.1, 0.15) is 77.0 Å². The number of alkyl halides is 3. The molecule has 3 unspecified atom stereocenters. The lowest BCUT2D eigenvalue weighted by molar-refractivity contribution is -0.187. The molecule has 2 saturated carbocycles. The number of nitrogens with zero attached hydrogens (tertiary/aromatic N) is 1. The van der Waals surface area contributed by atoms with Gasteiger partial charge in [-0.3, -0.25) is 4.90 Å². The molecule has 5 atom stereocenters. The molecule has 3 rings (SSSR count). The summed E-state index contributed by atoms with van der Waals surface area (Å²) in [5.74, 6) is 0.166. The molecule has 8 heteroatoms. The second kappa shape index (κ2) is 13.1. The number of hydrogen-bond donors (Lipinski definition) is 3. The van der Waals surface area contributed by atoms with Crippen LogP contribution in [-0.2, 0) is 4.74 Å². The second-order valence-corrected chi connectivity index (χ2v) is 10.8. The van der Waals surface area contributed by atoms with Crippen molar-refractivity contribution in [2.75, 3.05) is 32.9 Å². The van der Waals surface area contributed by atoms with E-state index >= 15 is 0 Å². The molecule has 33 heavy (non-hydrogen) atoms. The van der Waals surface area contributed by atoms with Crippen LogP contribution in [-0.4, -0.2) is 77.6 Å². The van der Waals surface area contributed by atoms with Crippen LogP contribution in [0.4, 0.5) is 13.2 Å². The van der Waals surface area contributed by atoms with Crippen LogP contribution in [0, 0.1) is 23.7 Å². The molecule has 1 saturated heterocycles. The Morgan fingerprint density at radius 2 is 1.61 bits per heavy atom. The number of β-amino-alcohol motifs (C(OH)–C–C–N with tert-alkyl or cyclic N) is 1. The van der Waals surface area contributed by atoms with Crippen molar-refractivity contribution >= 4 is 0 Å². The Balaban J connectivity index is 1.22. The van der Waals surface area contributed by atoms with E-state index in [1.807, 2.05) is 0 Å². The Morgan fingerprint density at radius 3 is 2.30 bits per heavy atom. The highest BCUT2D eigenvalue weighted by Gasteiger charge is 2.43. The number of aliphatic hydroxyl groups is 3. The standard InChI is InChI=1S/C25H44F3NO4/c26-25(27,28)21-6-4-5-20(13-21)19-9-7-18(8-10-19)17-33-12-3-1-2-11-29-15-24(32)23(31)14-22(29)16-30/h18-24,30-32H,1-17H2/t18?,19?,20?,21?,22-,23?,24+/m1/s1. The van der Waals surface area contributed by atoms with Gasteiger partial charge in [0.25, 0.3) is 0 Å². The lowest BCUT2D eigenvalue weighted by Crippen LogP contribution is -2.53. The average Bonchev–Trinajstić information content (AvgIpc) is 2.80. The summed E-state index contributed by atoms with van der Waals surface area (Å²) in [6.45, 7) is 2.68. The fourth-order valence-electron chi connectivity index (χ4n) is 6.28. The van der Waals surface area contributed by atoms with E-state index in [0.29, 0.717) is 37.6 Å². The predicted molar refractivity (Wildman–Crippen MR) is 121 cm³/mol. The summed E-state index contributed by atoms with van der Waals surface area (Å²) in [6, 6.07) is -0.0808. The molecule has 3 fully saturated rings. The number of rotatable bonds is 10. The molecule has 0 bridgehead atoms. The fraction of sp³-hybridized carbons (Fsp3) is 1.00. The third-order valence-electron chi connectivity index (χ3n) is 8.43. The Morgan fingerprint density at radius 1 is 0.848 bits per heavy atom. The van der Waals surface area contributed by atoms with Gasteiger partial charge in [0.2, 0.25) is 0 Å². The minimum atomic E-state index is -4.03. The van der Waals surface area contributed by atoms with E-state index in [2.05, 4.69) is 4.90 Å². The van der Waals surface area contributed by atoms with Gasteiger partial charge in [-0.05, 0) is 88.5 Å². The topological polar surface area (TPSA) is 73.2 Å². The summed E-state index contributed by atoms with van der Waals surface area (Å²) < 4.78 is 45.2. The van der Waals surface area contributed by atoms with Gasteiger partial charge in [-0.25, -0.2) is 0 Å². The van der Waals surface area contributed by atoms with Crippen LogP contribution in [0.15, 0.2) is 0 Å². The van der Waals surface area contributed by atoms with Crippen molar-refractivity contribution in [3.8, 4) is 0 Å². The van der Waals surface area contributed by atoms with E-state index in [4.69, 9.17) is 4.74 Å². The lowest BCUT2D eigenvalue weighted by Gasteiger charge is -2.39. The summed E-state index contributed by atoms with van der Waals surface area (Å²) in [5.41, 5.74) is 0. The average molecular weight is 480 g/mol. The highest BCUT2D eigenvalue weighted by molar-refractivity contribution is 4.87. The van der Waals surface area contributed by atoms with Crippen LogP contribution in [0.5, 0.6) is 0 Å². The Labute approximate surface area is 196 Å². The molecule has 1 heterocycles. The van der Waals surface area contributed by atoms with Crippen LogP contribution < -0.4 is 0 Å². The van der Waals surface area contributed by atoms with Crippen molar-refractivity contribution in [3.05, 3.63) is 0 Å². The van der Waals surface area contributed by atoms with Gasteiger partial charge >= 0.3 is 6.18 Å². The maximum Gasteiger partial charge on any atom is 0.391 e. The highest BCUT2D eigenvalue weighted by Crippen LogP contribution is 2.46. The molecule has 5 nitrogen and oxygen atoms in total. The number of halogens is 3. The largest absolute Gasteiger partial charge is 0.395 e. The molecule has 3 aliphatic rings. The zero-order valence-corrected chi connectivity index (χ0v) is 19.9. The number of likely N-dealkylation sites (tertiary alicyclic amines) is 1. The Bertz CT molecular complexity index is 556. The zero-order valence-electron chi connectivity index (χ0n) is 19.9. The molecule has 0 radical (unpaired) electrons. The summed E-state index contributed by atoms with van der Waals surface area (Å²) in [7, 11) is 0. The summed E-state index contributed by atoms with van der Waals surface area (Å²) in [6.07, 6.45) is 4.43. The molecular weight excluding hydrogens is 435 g/mol. The smallest absolute Gasteiger partial charge is 0.391 e. The van der Waals surface area contributed by atoms with E-state index in [1.165, 1.54) is 0 Å². The third kappa shape index (κ3) is 8.34. The zero-order chi connectivity index (χ0) is 23.8. The SMILES string of the molecule is OC[C@H]1CC(O)[C@@H](O)CN1CCCCCOCC1CCC(C2CCCC(C(F)(F)F)C2)CC1. The first-order valence-corrected chi connectivity index (χ1v) is 13.1. The van der Waals surface area contributed by atoms with Gasteiger partial charge in [0.1, 0.15) is 0 Å². The Kier molecular flexibility index (Phi) is 10.8. The minimum Gasteiger partial charge on any atom is -0.395 e. The maximum atomic E-state index is 13.1. The highest BCUT2D eigenvalue weighted by atomic mass is 19.4. The summed E-state index contributed by atoms with van der Waals surface area (Å²) >= 11 is 0. The molecule has 0 spiro atoms. The Hall–Kier alpha value is -0.410. The van der Waals surface area contributed by atoms with Gasteiger partial charge in [-0.15, -0.1) is 0 Å². The number of aliphatic hydroxyl groups excluding tert-OH is 3. The van der Waals surface area contributed by atoms with Crippen molar-refractivity contribution in [1.29, 1.82) is 0 Å². The van der Waals surface area contributed by atoms with E-state index in [0.717, 1.165) is 77.5 Å². The molecule has 2 aliphatic carbocycles. The first kappa shape index (κ1) is 27.2. The van der Waals surface area contributed by atoms with E-state index in [9.17, 15) is 28.5 Å². The van der Waals surface area contributed by atoms with Crippen LogP contribution in [0.25, 0.3) is 0 Å². The van der Waals surface area contributed by atoms with Crippen LogP contribution in [0.3, 0.4) is 0 Å². The molecule has 1 aliphatic heterocycles. The third-order valence-corrected chi connectivity index (χ3v) is 8.43. The quantitative estimate of drug-likeness (QED) is 0.411. The van der Waals surface area contributed by atoms with Crippen molar-refractivity contribution < 1.29 is 33.2 Å². The van der Waals surface area contributed by atoms with Crippen molar-refractivity contribution in [2.24, 2.45) is 23.7 Å². The maximum absolute atomic E-state index is 13.1. The number of ether oxygens (including phenoxy) is 1. The number of hydrogen-bond acceptors (Lipinski definition) is 5. The van der Waals surface area contributed by atoms with E-state index in [1.54, 1.807) is 0 Å². The van der Waals surface area contributed by atoms with Crippen molar-refractivity contribution in [3.63, 3.8) is 0 Å². The van der Waals surface area contributed by atoms with E-state index < -0.39 is 24.3 Å². The van der Waals surface area contributed by atoms with Crippen LogP contribution in [0.2, 0.25) is 0 Å². The second-order valence-electron chi connectivity index (χ2n) is 10.8. The first-order valence-electron chi connectivity index (χ1n) is 13.1. The van der Waals surface area contributed by atoms with Crippen molar-refractivity contribution in [1.82, 2.24) is 4.90 Å². The number of unbranched alkanes of at least 4 members (excludes halogenated alkanes) is 2. The van der Waals surface area contributed by atoms with Gasteiger partial charge in [-0.1, -0.05) is 12.8 Å². The van der Waals surface area contributed by atoms with Crippen LogP contribution >= 0.6 is 0 Å².